The van der Waals surface area contributed by atoms with E-state index in [0.29, 0.717) is 17.9 Å². The summed E-state index contributed by atoms with van der Waals surface area (Å²) in [6, 6.07) is 10.6. The Labute approximate surface area is 196 Å². The zero-order chi connectivity index (χ0) is 23.6. The number of hydrogen-bond donors (Lipinski definition) is 3. The number of imide groups is 1. The van der Waals surface area contributed by atoms with Crippen LogP contribution in [0, 0.1) is 0 Å². The number of carbonyl (C=O) groups excluding carboxylic acids is 3. The minimum Gasteiger partial charge on any atom is -0.494 e. The minimum atomic E-state index is -1.03. The third-order valence-corrected chi connectivity index (χ3v) is 6.97. The zero-order valence-electron chi connectivity index (χ0n) is 18.8. The van der Waals surface area contributed by atoms with Crippen LogP contribution in [-0.2, 0) is 17.8 Å². The maximum Gasteiger partial charge on any atom is 0.322 e. The minimum absolute atomic E-state index is 0.122. The summed E-state index contributed by atoms with van der Waals surface area (Å²) in [5.41, 5.74) is 1.43. The van der Waals surface area contributed by atoms with E-state index in [9.17, 15) is 14.4 Å². The third-order valence-electron chi connectivity index (χ3n) is 5.58. The molecule has 4 rings (SSSR count). The van der Waals surface area contributed by atoms with Crippen LogP contribution >= 0.6 is 11.8 Å². The molecular formula is C24H27N3O5S. The number of carbonyl (C=O) groups is 3. The summed E-state index contributed by atoms with van der Waals surface area (Å²) in [6.07, 6.45) is 0.959. The lowest BCUT2D eigenvalue weighted by Crippen LogP contribution is -2.46. The van der Waals surface area contributed by atoms with Crippen molar-refractivity contribution >= 4 is 29.6 Å². The molecule has 0 saturated carbocycles. The van der Waals surface area contributed by atoms with Gasteiger partial charge in [0.05, 0.1) is 12.2 Å². The lowest BCUT2D eigenvalue weighted by molar-refractivity contribution is -0.122. The fraction of sp³-hybridized carbons (Fsp3) is 0.375. The van der Waals surface area contributed by atoms with Crippen molar-refractivity contribution < 1.29 is 23.9 Å². The molecule has 2 heterocycles. The molecule has 2 aromatic carbocycles. The Bertz CT molecular complexity index is 1110. The van der Waals surface area contributed by atoms with Gasteiger partial charge < -0.3 is 20.1 Å². The molecule has 0 aromatic heterocycles. The van der Waals surface area contributed by atoms with Gasteiger partial charge in [-0.15, -0.1) is 11.8 Å². The smallest absolute Gasteiger partial charge is 0.322 e. The largest absolute Gasteiger partial charge is 0.494 e. The Morgan fingerprint density at radius 3 is 2.82 bits per heavy atom. The summed E-state index contributed by atoms with van der Waals surface area (Å²) in [7, 11) is 0. The van der Waals surface area contributed by atoms with Gasteiger partial charge in [0, 0.05) is 34.7 Å². The molecule has 0 bridgehead atoms. The highest BCUT2D eigenvalue weighted by Crippen LogP contribution is 2.35. The summed E-state index contributed by atoms with van der Waals surface area (Å²) < 4.78 is 11.7. The van der Waals surface area contributed by atoms with Gasteiger partial charge >= 0.3 is 6.03 Å². The molecule has 9 heteroatoms. The first-order valence-electron chi connectivity index (χ1n) is 10.9. The molecule has 1 fully saturated rings. The van der Waals surface area contributed by atoms with Crippen molar-refractivity contribution in [3.05, 3.63) is 53.1 Å². The number of amides is 4. The van der Waals surface area contributed by atoms with Gasteiger partial charge in [0.1, 0.15) is 23.1 Å². The van der Waals surface area contributed by atoms with Gasteiger partial charge in [-0.3, -0.25) is 14.9 Å². The maximum atomic E-state index is 13.0. The maximum absolute atomic E-state index is 13.0. The molecule has 0 unspecified atom stereocenters. The fourth-order valence-corrected chi connectivity index (χ4v) is 5.00. The first kappa shape index (κ1) is 23.0. The molecular weight excluding hydrogens is 442 g/mol. The van der Waals surface area contributed by atoms with Gasteiger partial charge in [0.25, 0.3) is 11.8 Å². The van der Waals surface area contributed by atoms with Crippen LogP contribution in [0.5, 0.6) is 11.5 Å². The lowest BCUT2D eigenvalue weighted by Gasteiger charge is -2.20. The monoisotopic (exact) mass is 469 g/mol. The van der Waals surface area contributed by atoms with Crippen molar-refractivity contribution in [2.24, 2.45) is 0 Å². The van der Waals surface area contributed by atoms with Crippen LogP contribution in [0.4, 0.5) is 4.79 Å². The molecule has 3 N–H and O–H groups in total. The Kier molecular flexibility index (Phi) is 6.51. The quantitative estimate of drug-likeness (QED) is 0.405. The average Bonchev–Trinajstić information content (AvgIpc) is 3.27. The summed E-state index contributed by atoms with van der Waals surface area (Å²) in [4.78, 5) is 37.3. The number of benzene rings is 2. The van der Waals surface area contributed by atoms with E-state index in [0.717, 1.165) is 33.9 Å². The van der Waals surface area contributed by atoms with Gasteiger partial charge in [-0.1, -0.05) is 12.1 Å². The molecule has 33 heavy (non-hydrogen) atoms. The zero-order valence-corrected chi connectivity index (χ0v) is 19.6. The van der Waals surface area contributed by atoms with E-state index < -0.39 is 11.6 Å². The number of hydrogen-bond acceptors (Lipinski definition) is 6. The van der Waals surface area contributed by atoms with Crippen molar-refractivity contribution in [3.63, 3.8) is 0 Å². The second kappa shape index (κ2) is 9.35. The van der Waals surface area contributed by atoms with Crippen LogP contribution in [0.25, 0.3) is 0 Å². The molecule has 0 radical (unpaired) electrons. The van der Waals surface area contributed by atoms with Crippen LogP contribution in [0.15, 0.2) is 41.3 Å². The Balaban J connectivity index is 1.46. The van der Waals surface area contributed by atoms with Gasteiger partial charge in [-0.05, 0) is 45.0 Å². The molecule has 2 aliphatic rings. The van der Waals surface area contributed by atoms with Crippen molar-refractivity contribution in [2.45, 2.75) is 50.3 Å². The second-order valence-corrected chi connectivity index (χ2v) is 9.36. The van der Waals surface area contributed by atoms with Gasteiger partial charge in [-0.25, -0.2) is 4.79 Å². The Hall–Kier alpha value is -3.20. The van der Waals surface area contributed by atoms with Gasteiger partial charge in [-0.2, -0.15) is 0 Å². The first-order chi connectivity index (χ1) is 15.8. The molecule has 174 valence electrons. The van der Waals surface area contributed by atoms with Crippen LogP contribution in [0.3, 0.4) is 0 Å². The van der Waals surface area contributed by atoms with E-state index >= 15 is 0 Å². The van der Waals surface area contributed by atoms with Crippen molar-refractivity contribution in [1.29, 1.82) is 0 Å². The topological polar surface area (TPSA) is 106 Å². The molecule has 8 nitrogen and oxygen atoms in total. The van der Waals surface area contributed by atoms with E-state index in [-0.39, 0.29) is 24.5 Å². The summed E-state index contributed by atoms with van der Waals surface area (Å²) in [5, 5.41) is 7.87. The van der Waals surface area contributed by atoms with E-state index in [2.05, 4.69) is 16.0 Å². The fourth-order valence-electron chi connectivity index (χ4n) is 3.86. The number of urea groups is 1. The second-order valence-electron chi connectivity index (χ2n) is 8.34. The normalized spacial score (nSPS) is 21.1. The van der Waals surface area contributed by atoms with Crippen LogP contribution in [-0.4, -0.2) is 41.8 Å². The molecule has 0 aliphatic carbocycles. The lowest BCUT2D eigenvalue weighted by atomic mass is 10.1. The third kappa shape index (κ3) is 4.93. The van der Waals surface area contributed by atoms with Crippen LogP contribution < -0.4 is 25.4 Å². The van der Waals surface area contributed by atoms with E-state index in [1.54, 1.807) is 19.1 Å². The SMILES string of the molecule is CCOc1cc2c(cc1CNC(=O)c1ccccc1SC[C@]1(C)NC(=O)NC1=O)O[C@@H](C)C2. The molecule has 0 spiro atoms. The summed E-state index contributed by atoms with van der Waals surface area (Å²) >= 11 is 1.35. The molecule has 4 amide bonds. The predicted octanol–water partition coefficient (Wildman–Crippen LogP) is 3.03. The number of rotatable bonds is 8. The van der Waals surface area contributed by atoms with Crippen molar-refractivity contribution in [1.82, 2.24) is 16.0 Å². The van der Waals surface area contributed by atoms with E-state index in [1.165, 1.54) is 11.8 Å². The molecule has 2 aliphatic heterocycles. The van der Waals surface area contributed by atoms with Crippen LogP contribution in [0.1, 0.15) is 42.3 Å². The van der Waals surface area contributed by atoms with Crippen molar-refractivity contribution in [3.8, 4) is 11.5 Å². The van der Waals surface area contributed by atoms with E-state index in [4.69, 9.17) is 9.47 Å². The average molecular weight is 470 g/mol. The van der Waals surface area contributed by atoms with Crippen LogP contribution in [0.2, 0.25) is 0 Å². The van der Waals surface area contributed by atoms with E-state index in [1.807, 2.05) is 38.1 Å². The number of fused-ring (bicyclic) bond motifs is 1. The first-order valence-corrected chi connectivity index (χ1v) is 11.9. The highest BCUT2D eigenvalue weighted by atomic mass is 32.2. The number of nitrogens with one attached hydrogen (secondary N) is 3. The predicted molar refractivity (Wildman–Crippen MR) is 125 cm³/mol. The standard InChI is InChI=1S/C24H27N3O5S/c1-4-31-18-10-15-9-14(2)32-19(15)11-16(18)12-25-21(28)17-7-5-6-8-20(17)33-13-24(3)22(29)26-23(30)27-24/h5-8,10-11,14H,4,9,12-13H2,1-3H3,(H,25,28)(H2,26,27,29,30)/t14-,24-/m0/s1. The summed E-state index contributed by atoms with van der Waals surface area (Å²) in [5.74, 6) is 1.26. The number of thioether (sulfide) groups is 1. The number of ether oxygens (including phenoxy) is 2. The highest BCUT2D eigenvalue weighted by Gasteiger charge is 2.42. The molecule has 2 atom stereocenters. The Morgan fingerprint density at radius 2 is 2.09 bits per heavy atom. The van der Waals surface area contributed by atoms with Gasteiger partial charge in [0.2, 0.25) is 0 Å². The van der Waals surface area contributed by atoms with Crippen molar-refractivity contribution in [2.75, 3.05) is 12.4 Å². The summed E-state index contributed by atoms with van der Waals surface area (Å²) in [6.45, 7) is 6.43. The van der Waals surface area contributed by atoms with Gasteiger partial charge in [0.15, 0.2) is 0 Å². The molecule has 2 aromatic rings. The Morgan fingerprint density at radius 1 is 1.30 bits per heavy atom. The highest BCUT2D eigenvalue weighted by molar-refractivity contribution is 7.99. The molecule has 1 saturated heterocycles.